The van der Waals surface area contributed by atoms with Crippen molar-refractivity contribution in [1.82, 2.24) is 15.3 Å². The molecule has 0 radical (unpaired) electrons. The average Bonchev–Trinajstić information content (AvgIpc) is 2.95. The van der Waals surface area contributed by atoms with E-state index < -0.39 is 0 Å². The summed E-state index contributed by atoms with van der Waals surface area (Å²) in [4.78, 5) is 19.9. The lowest BCUT2D eigenvalue weighted by Crippen LogP contribution is -2.31. The number of hydrogen-bond acceptors (Lipinski definition) is 6. The number of rotatable bonds is 3. The number of fused-ring (bicyclic) bond motifs is 1. The number of nitrogens with zero attached hydrogens (tertiary/aromatic N) is 2. The van der Waals surface area contributed by atoms with Crippen molar-refractivity contribution >= 4 is 32.8 Å². The van der Waals surface area contributed by atoms with Crippen LogP contribution < -0.4 is 10.1 Å². The van der Waals surface area contributed by atoms with Crippen LogP contribution in [-0.2, 0) is 9.53 Å². The highest BCUT2D eigenvalue weighted by atomic mass is 79.9. The number of carbonyl (C=O) groups excluding carboxylic acids is 1. The third-order valence-corrected chi connectivity index (χ3v) is 3.91. The lowest BCUT2D eigenvalue weighted by Gasteiger charge is -2.13. The van der Waals surface area contributed by atoms with Crippen molar-refractivity contribution in [3.05, 3.63) is 29.0 Å². The molecule has 0 aliphatic carbocycles. The van der Waals surface area contributed by atoms with Crippen molar-refractivity contribution in [1.29, 1.82) is 0 Å². The number of aromatic nitrogens is 2. The van der Waals surface area contributed by atoms with E-state index >= 15 is 0 Å². The minimum atomic E-state index is -0.320. The predicted octanol–water partition coefficient (Wildman–Crippen LogP) is 1.67. The van der Waals surface area contributed by atoms with Gasteiger partial charge in [-0.05, 0) is 18.2 Å². The molecule has 0 unspecified atom stereocenters. The van der Waals surface area contributed by atoms with Gasteiger partial charge >= 0.3 is 5.97 Å². The Labute approximate surface area is 130 Å². The molecule has 1 saturated heterocycles. The summed E-state index contributed by atoms with van der Waals surface area (Å²) in [5.74, 6) is 0.259. The van der Waals surface area contributed by atoms with Crippen LogP contribution in [-0.4, -0.2) is 41.7 Å². The van der Waals surface area contributed by atoms with Crippen molar-refractivity contribution in [3.63, 3.8) is 0 Å². The summed E-state index contributed by atoms with van der Waals surface area (Å²) in [6, 6.07) is 5.42. The van der Waals surface area contributed by atoms with Crippen LogP contribution in [0.25, 0.3) is 10.9 Å². The number of benzene rings is 1. The molecule has 7 heteroatoms. The predicted molar refractivity (Wildman–Crippen MR) is 80.1 cm³/mol. The van der Waals surface area contributed by atoms with E-state index in [0.29, 0.717) is 18.8 Å². The van der Waals surface area contributed by atoms with Crippen LogP contribution in [0, 0.1) is 0 Å². The van der Waals surface area contributed by atoms with Gasteiger partial charge in [0.25, 0.3) is 0 Å². The van der Waals surface area contributed by atoms with Gasteiger partial charge in [-0.1, -0.05) is 15.9 Å². The van der Waals surface area contributed by atoms with Crippen molar-refractivity contribution in [2.45, 2.75) is 18.6 Å². The van der Waals surface area contributed by atoms with E-state index in [1.54, 1.807) is 0 Å². The molecule has 0 bridgehead atoms. The summed E-state index contributed by atoms with van der Waals surface area (Å²) in [7, 11) is 1.38. The summed E-state index contributed by atoms with van der Waals surface area (Å²) >= 11 is 3.43. The summed E-state index contributed by atoms with van der Waals surface area (Å²) < 4.78 is 11.6. The molecule has 0 saturated carbocycles. The van der Waals surface area contributed by atoms with E-state index in [2.05, 4.69) is 31.2 Å². The zero-order valence-corrected chi connectivity index (χ0v) is 13.0. The fourth-order valence-corrected chi connectivity index (χ4v) is 2.73. The van der Waals surface area contributed by atoms with E-state index in [-0.39, 0.29) is 18.1 Å². The average molecular weight is 352 g/mol. The molecule has 0 amide bonds. The number of hydrogen-bond donors (Lipinski definition) is 1. The second kappa shape index (κ2) is 5.95. The first-order chi connectivity index (χ1) is 10.2. The first-order valence-electron chi connectivity index (χ1n) is 6.55. The zero-order chi connectivity index (χ0) is 14.8. The summed E-state index contributed by atoms with van der Waals surface area (Å²) in [5.41, 5.74) is 0.818. The smallest absolute Gasteiger partial charge is 0.323 e. The van der Waals surface area contributed by atoms with Gasteiger partial charge in [0, 0.05) is 17.4 Å². The third kappa shape index (κ3) is 2.98. The van der Waals surface area contributed by atoms with Crippen molar-refractivity contribution in [2.75, 3.05) is 13.7 Å². The Morgan fingerprint density at radius 3 is 3.10 bits per heavy atom. The number of carbonyl (C=O) groups is 1. The topological polar surface area (TPSA) is 73.3 Å². The van der Waals surface area contributed by atoms with E-state index in [0.717, 1.165) is 15.4 Å². The summed E-state index contributed by atoms with van der Waals surface area (Å²) in [5, 5.41) is 3.93. The molecule has 6 nitrogen and oxygen atoms in total. The summed E-state index contributed by atoms with van der Waals surface area (Å²) in [6.07, 6.45) is 1.92. The Kier molecular flexibility index (Phi) is 4.03. The highest BCUT2D eigenvalue weighted by molar-refractivity contribution is 9.10. The lowest BCUT2D eigenvalue weighted by molar-refractivity contribution is -0.142. The Hall–Kier alpha value is -1.73. The highest BCUT2D eigenvalue weighted by Gasteiger charge is 2.31. The van der Waals surface area contributed by atoms with E-state index in [1.807, 2.05) is 18.2 Å². The van der Waals surface area contributed by atoms with Gasteiger partial charge in [0.05, 0.1) is 18.0 Å². The van der Waals surface area contributed by atoms with Crippen molar-refractivity contribution in [3.8, 4) is 5.88 Å². The molecular formula is C14H14BrN3O3. The number of esters is 1. The molecule has 2 aromatic rings. The minimum absolute atomic E-state index is 0.119. The van der Waals surface area contributed by atoms with E-state index in [4.69, 9.17) is 9.47 Å². The molecule has 3 rings (SSSR count). The molecular weight excluding hydrogens is 338 g/mol. The first kappa shape index (κ1) is 14.2. The minimum Gasteiger partial charge on any atom is -0.472 e. The zero-order valence-electron chi connectivity index (χ0n) is 11.4. The maximum Gasteiger partial charge on any atom is 0.323 e. The van der Waals surface area contributed by atoms with Gasteiger partial charge in [-0.25, -0.2) is 9.97 Å². The first-order valence-corrected chi connectivity index (χ1v) is 7.35. The maximum atomic E-state index is 11.5. The van der Waals surface area contributed by atoms with Gasteiger partial charge in [-0.15, -0.1) is 0 Å². The number of halogens is 1. The van der Waals surface area contributed by atoms with Crippen LogP contribution in [0.4, 0.5) is 0 Å². The number of nitrogens with one attached hydrogen (secondary N) is 1. The molecule has 1 fully saturated rings. The molecule has 0 spiro atoms. The SMILES string of the molecule is COC(=O)[C@@H]1C[C@@H](Oc2ncnc3ccc(Br)cc23)CN1. The van der Waals surface area contributed by atoms with Crippen LogP contribution >= 0.6 is 15.9 Å². The Morgan fingerprint density at radius 1 is 1.43 bits per heavy atom. The Morgan fingerprint density at radius 2 is 2.29 bits per heavy atom. The maximum absolute atomic E-state index is 11.5. The van der Waals surface area contributed by atoms with E-state index in [1.165, 1.54) is 13.4 Å². The number of methoxy groups -OCH3 is 1. The molecule has 110 valence electrons. The van der Waals surface area contributed by atoms with Crippen molar-refractivity contribution < 1.29 is 14.3 Å². The van der Waals surface area contributed by atoms with Gasteiger partial charge in [-0.2, -0.15) is 0 Å². The second-order valence-corrected chi connectivity index (χ2v) is 5.72. The van der Waals surface area contributed by atoms with E-state index in [9.17, 15) is 4.79 Å². The Bertz CT molecular complexity index is 680. The van der Waals surface area contributed by atoms with Crippen LogP contribution in [0.1, 0.15) is 6.42 Å². The summed E-state index contributed by atoms with van der Waals surface area (Å²) in [6.45, 7) is 0.583. The third-order valence-electron chi connectivity index (χ3n) is 3.42. The fraction of sp³-hybridized carbons (Fsp3) is 0.357. The van der Waals surface area contributed by atoms with Crippen LogP contribution in [0.2, 0.25) is 0 Å². The molecule has 2 heterocycles. The quantitative estimate of drug-likeness (QED) is 0.848. The number of ether oxygens (including phenoxy) is 2. The molecule has 2 atom stereocenters. The van der Waals surface area contributed by atoms with Gasteiger partial charge in [0.15, 0.2) is 0 Å². The molecule has 1 aromatic heterocycles. The Balaban J connectivity index is 1.80. The fourth-order valence-electron chi connectivity index (χ4n) is 2.37. The standard InChI is InChI=1S/C14H14BrN3O3/c1-20-14(19)12-5-9(6-16-12)21-13-10-4-8(15)2-3-11(10)17-7-18-13/h2-4,7,9,12,16H,5-6H2,1H3/t9-,12+/m1/s1. The van der Waals surface area contributed by atoms with Gasteiger partial charge < -0.3 is 14.8 Å². The largest absolute Gasteiger partial charge is 0.472 e. The monoisotopic (exact) mass is 351 g/mol. The molecule has 1 aromatic carbocycles. The highest BCUT2D eigenvalue weighted by Crippen LogP contribution is 2.26. The van der Waals surface area contributed by atoms with Gasteiger partial charge in [-0.3, -0.25) is 4.79 Å². The molecule has 21 heavy (non-hydrogen) atoms. The molecule has 1 N–H and O–H groups in total. The lowest BCUT2D eigenvalue weighted by atomic mass is 10.2. The van der Waals surface area contributed by atoms with Gasteiger partial charge in [0.1, 0.15) is 18.5 Å². The normalized spacial score (nSPS) is 21.4. The van der Waals surface area contributed by atoms with Crippen LogP contribution in [0.5, 0.6) is 5.88 Å². The van der Waals surface area contributed by atoms with Crippen LogP contribution in [0.3, 0.4) is 0 Å². The second-order valence-electron chi connectivity index (χ2n) is 4.80. The van der Waals surface area contributed by atoms with Crippen LogP contribution in [0.15, 0.2) is 29.0 Å². The van der Waals surface area contributed by atoms with Crippen molar-refractivity contribution in [2.24, 2.45) is 0 Å². The molecule has 1 aliphatic rings. The van der Waals surface area contributed by atoms with Gasteiger partial charge in [0.2, 0.25) is 5.88 Å². The molecule has 1 aliphatic heterocycles.